The molecule has 1 aromatic carbocycles. The maximum Gasteiger partial charge on any atom is 0.270 e. The molecule has 0 radical (unpaired) electrons. The second kappa shape index (κ2) is 6.81. The Balaban J connectivity index is 1.94. The van der Waals surface area contributed by atoms with E-state index in [9.17, 15) is 19.7 Å². The largest absolute Gasteiger partial charge is 0.353 e. The average molecular weight is 358 g/mol. The zero-order chi connectivity index (χ0) is 18.0. The van der Waals surface area contributed by atoms with Gasteiger partial charge in [-0.05, 0) is 24.0 Å². The van der Waals surface area contributed by atoms with Crippen LogP contribution in [0.5, 0.6) is 0 Å². The first kappa shape index (κ1) is 16.8. The SMILES string of the molecule is CCCn1ccc(=O)c(C(=O)Nc2nsc3ccc([N+](=O)[O-])cc23)c1. The highest BCUT2D eigenvalue weighted by Crippen LogP contribution is 2.30. The molecule has 8 nitrogen and oxygen atoms in total. The molecule has 0 aliphatic heterocycles. The molecule has 0 atom stereocenters. The van der Waals surface area contributed by atoms with Crippen molar-refractivity contribution >= 4 is 39.0 Å². The number of nitrogens with zero attached hydrogens (tertiary/aromatic N) is 3. The van der Waals surface area contributed by atoms with Crippen LogP contribution in [0.15, 0.2) is 41.5 Å². The minimum atomic E-state index is -0.589. The maximum absolute atomic E-state index is 12.5. The predicted molar refractivity (Wildman–Crippen MR) is 95.2 cm³/mol. The number of hydrogen-bond donors (Lipinski definition) is 1. The van der Waals surface area contributed by atoms with E-state index < -0.39 is 16.3 Å². The molecule has 0 saturated heterocycles. The summed E-state index contributed by atoms with van der Waals surface area (Å²) in [5.41, 5.74) is -0.480. The van der Waals surface area contributed by atoms with Gasteiger partial charge in [-0.2, -0.15) is 4.37 Å². The fourth-order valence-corrected chi connectivity index (χ4v) is 3.12. The quantitative estimate of drug-likeness (QED) is 0.557. The van der Waals surface area contributed by atoms with Crippen molar-refractivity contribution in [3.8, 4) is 0 Å². The van der Waals surface area contributed by atoms with E-state index in [0.717, 1.165) is 18.0 Å². The molecule has 2 heterocycles. The van der Waals surface area contributed by atoms with E-state index in [1.54, 1.807) is 16.8 Å². The Kier molecular flexibility index (Phi) is 4.57. The monoisotopic (exact) mass is 358 g/mol. The average Bonchev–Trinajstić information content (AvgIpc) is 2.99. The van der Waals surface area contributed by atoms with Gasteiger partial charge in [0.1, 0.15) is 5.56 Å². The lowest BCUT2D eigenvalue weighted by Gasteiger charge is -2.07. The van der Waals surface area contributed by atoms with Crippen LogP contribution < -0.4 is 10.7 Å². The molecule has 0 aliphatic carbocycles. The number of nitro benzene ring substituents is 1. The number of carbonyl (C=O) groups excluding carboxylic acids is 1. The molecule has 3 rings (SSSR count). The minimum Gasteiger partial charge on any atom is -0.353 e. The number of nitrogens with one attached hydrogen (secondary N) is 1. The first-order valence-corrected chi connectivity index (χ1v) is 8.32. The van der Waals surface area contributed by atoms with E-state index in [2.05, 4.69) is 9.69 Å². The summed E-state index contributed by atoms with van der Waals surface area (Å²) < 4.78 is 6.60. The molecule has 9 heteroatoms. The maximum atomic E-state index is 12.5. The number of fused-ring (bicyclic) bond motifs is 1. The number of aryl methyl sites for hydroxylation is 1. The molecule has 0 fully saturated rings. The Labute approximate surface area is 146 Å². The molecule has 128 valence electrons. The van der Waals surface area contributed by atoms with Gasteiger partial charge in [0.05, 0.1) is 9.62 Å². The zero-order valence-corrected chi connectivity index (χ0v) is 14.1. The molecule has 0 bridgehead atoms. The van der Waals surface area contributed by atoms with Crippen LogP contribution in [-0.2, 0) is 6.54 Å². The number of aromatic nitrogens is 2. The van der Waals surface area contributed by atoms with Crippen LogP contribution in [0.1, 0.15) is 23.7 Å². The van der Waals surface area contributed by atoms with Gasteiger partial charge in [-0.3, -0.25) is 19.7 Å². The summed E-state index contributed by atoms with van der Waals surface area (Å²) in [7, 11) is 0. The third kappa shape index (κ3) is 3.41. The zero-order valence-electron chi connectivity index (χ0n) is 13.3. The summed E-state index contributed by atoms with van der Waals surface area (Å²) in [4.78, 5) is 34.8. The van der Waals surface area contributed by atoms with Crippen LogP contribution >= 0.6 is 11.5 Å². The molecule has 0 aliphatic rings. The predicted octanol–water partition coefficient (Wildman–Crippen LogP) is 3.03. The lowest BCUT2D eigenvalue weighted by atomic mass is 10.2. The Bertz CT molecular complexity index is 1020. The number of non-ortho nitro benzene ring substituents is 1. The molecular formula is C16H14N4O4S. The van der Waals surface area contributed by atoms with Crippen LogP contribution in [0.3, 0.4) is 0 Å². The third-order valence-corrected chi connectivity index (χ3v) is 4.43. The van der Waals surface area contributed by atoms with Gasteiger partial charge in [-0.15, -0.1) is 0 Å². The van der Waals surface area contributed by atoms with Crippen LogP contribution in [-0.4, -0.2) is 19.8 Å². The third-order valence-electron chi connectivity index (χ3n) is 3.60. The summed E-state index contributed by atoms with van der Waals surface area (Å²) in [5.74, 6) is -0.381. The number of hydrogen-bond acceptors (Lipinski definition) is 6. The van der Waals surface area contributed by atoms with E-state index in [0.29, 0.717) is 16.6 Å². The number of anilines is 1. The van der Waals surface area contributed by atoms with Gasteiger partial charge in [-0.1, -0.05) is 6.92 Å². The molecular weight excluding hydrogens is 344 g/mol. The first-order chi connectivity index (χ1) is 12.0. The van der Waals surface area contributed by atoms with Gasteiger partial charge in [0.2, 0.25) is 0 Å². The highest BCUT2D eigenvalue weighted by molar-refractivity contribution is 7.13. The summed E-state index contributed by atoms with van der Waals surface area (Å²) in [6, 6.07) is 5.66. The minimum absolute atomic E-state index is 0.00234. The van der Waals surface area contributed by atoms with Gasteiger partial charge in [0.15, 0.2) is 11.2 Å². The molecule has 0 saturated carbocycles. The van der Waals surface area contributed by atoms with E-state index in [1.807, 2.05) is 6.92 Å². The Morgan fingerprint density at radius 3 is 2.92 bits per heavy atom. The number of pyridine rings is 1. The van der Waals surface area contributed by atoms with Crippen molar-refractivity contribution in [2.75, 3.05) is 5.32 Å². The second-order valence-electron chi connectivity index (χ2n) is 5.38. The molecule has 2 aromatic heterocycles. The Morgan fingerprint density at radius 2 is 2.20 bits per heavy atom. The van der Waals surface area contributed by atoms with Gasteiger partial charge >= 0.3 is 0 Å². The fraction of sp³-hybridized carbons (Fsp3) is 0.188. The van der Waals surface area contributed by atoms with Gasteiger partial charge in [-0.25, -0.2) is 0 Å². The van der Waals surface area contributed by atoms with Crippen molar-refractivity contribution < 1.29 is 9.72 Å². The topological polar surface area (TPSA) is 107 Å². The molecule has 0 spiro atoms. The van der Waals surface area contributed by atoms with Crippen LogP contribution in [0.2, 0.25) is 0 Å². The van der Waals surface area contributed by atoms with Crippen molar-refractivity contribution in [3.05, 3.63) is 62.6 Å². The molecule has 0 unspecified atom stereocenters. The van der Waals surface area contributed by atoms with Crippen LogP contribution in [0, 0.1) is 10.1 Å². The number of rotatable bonds is 5. The highest BCUT2D eigenvalue weighted by atomic mass is 32.1. The molecule has 1 N–H and O–H groups in total. The van der Waals surface area contributed by atoms with Gasteiger partial charge in [0, 0.05) is 42.5 Å². The lowest BCUT2D eigenvalue weighted by Crippen LogP contribution is -2.22. The summed E-state index contributed by atoms with van der Waals surface area (Å²) >= 11 is 1.12. The van der Waals surface area contributed by atoms with Crippen molar-refractivity contribution in [3.63, 3.8) is 0 Å². The van der Waals surface area contributed by atoms with Gasteiger partial charge in [0.25, 0.3) is 11.6 Å². The Hall–Kier alpha value is -3.07. The van der Waals surface area contributed by atoms with E-state index in [-0.39, 0.29) is 17.1 Å². The van der Waals surface area contributed by atoms with Crippen molar-refractivity contribution in [1.82, 2.24) is 8.94 Å². The number of carbonyl (C=O) groups is 1. The van der Waals surface area contributed by atoms with E-state index in [1.165, 1.54) is 24.4 Å². The number of nitro groups is 1. The van der Waals surface area contributed by atoms with Crippen molar-refractivity contribution in [1.29, 1.82) is 0 Å². The molecule has 1 amide bonds. The second-order valence-corrected chi connectivity index (χ2v) is 6.19. The summed E-state index contributed by atoms with van der Waals surface area (Å²) in [5, 5.41) is 14.0. The van der Waals surface area contributed by atoms with E-state index in [4.69, 9.17) is 0 Å². The molecule has 25 heavy (non-hydrogen) atoms. The first-order valence-electron chi connectivity index (χ1n) is 7.55. The summed E-state index contributed by atoms with van der Waals surface area (Å²) in [6.45, 7) is 2.68. The number of benzene rings is 1. The lowest BCUT2D eigenvalue weighted by molar-refractivity contribution is -0.384. The smallest absolute Gasteiger partial charge is 0.270 e. The van der Waals surface area contributed by atoms with Crippen molar-refractivity contribution in [2.24, 2.45) is 0 Å². The normalized spacial score (nSPS) is 10.8. The standard InChI is InChI=1S/C16H14N4O4S/c1-2-6-19-7-5-13(21)12(9-19)16(22)17-15-11-8-10(20(23)24)3-4-14(11)25-18-15/h3-5,7-9H,2,6H2,1H3,(H,17,18,22). The Morgan fingerprint density at radius 1 is 1.40 bits per heavy atom. The van der Waals surface area contributed by atoms with Gasteiger partial charge < -0.3 is 9.88 Å². The fourth-order valence-electron chi connectivity index (χ4n) is 2.40. The number of amides is 1. The van der Waals surface area contributed by atoms with E-state index >= 15 is 0 Å². The highest BCUT2D eigenvalue weighted by Gasteiger charge is 2.16. The van der Waals surface area contributed by atoms with Crippen LogP contribution in [0.4, 0.5) is 11.5 Å². The summed E-state index contributed by atoms with van der Waals surface area (Å²) in [6.07, 6.45) is 3.99. The molecule has 3 aromatic rings. The van der Waals surface area contributed by atoms with Crippen LogP contribution in [0.25, 0.3) is 10.1 Å². The van der Waals surface area contributed by atoms with Crippen molar-refractivity contribution in [2.45, 2.75) is 19.9 Å².